The zero-order valence-corrected chi connectivity index (χ0v) is 15.7. The molecule has 2 aliphatic rings. The highest BCUT2D eigenvalue weighted by Crippen LogP contribution is 2.34. The number of rotatable bonds is 5. The van der Waals surface area contributed by atoms with Gasteiger partial charge in [0.15, 0.2) is 0 Å². The Morgan fingerprint density at radius 3 is 2.68 bits per heavy atom. The fourth-order valence-electron chi connectivity index (χ4n) is 3.55. The summed E-state index contributed by atoms with van der Waals surface area (Å²) in [6, 6.07) is 4.54. The van der Waals surface area contributed by atoms with Crippen molar-refractivity contribution in [2.24, 2.45) is 5.92 Å². The van der Waals surface area contributed by atoms with E-state index in [0.29, 0.717) is 24.0 Å². The minimum absolute atomic E-state index is 0.171. The van der Waals surface area contributed by atoms with E-state index in [1.165, 1.54) is 12.1 Å². The van der Waals surface area contributed by atoms with Gasteiger partial charge in [0, 0.05) is 44.0 Å². The zero-order valence-electron chi connectivity index (χ0n) is 14.9. The van der Waals surface area contributed by atoms with Gasteiger partial charge >= 0.3 is 6.09 Å². The molecule has 2 heterocycles. The summed E-state index contributed by atoms with van der Waals surface area (Å²) in [5, 5.41) is 0.465. The molecule has 1 amide bonds. The number of ether oxygens (including phenoxy) is 1. The second kappa shape index (κ2) is 7.50. The minimum Gasteiger partial charge on any atom is -0.441 e. The molecule has 138 valence electrons. The molecular weight excluding hydrogens is 343 g/mol. The van der Waals surface area contributed by atoms with Crippen molar-refractivity contribution in [2.75, 3.05) is 26.2 Å². The van der Waals surface area contributed by atoms with Gasteiger partial charge in [0.25, 0.3) is 0 Å². The normalized spacial score (nSPS) is 20.5. The lowest BCUT2D eigenvalue weighted by Crippen LogP contribution is -2.46. The Labute approximate surface area is 153 Å². The standard InChI is InChI=1S/C19H26ClFN2O2/c1-14(2)5-8-23-13-19(25-18(23)24)6-9-22(10-7-19)12-15-3-4-16(21)11-17(15)20/h3-4,11,14H,5-10,12-13H2,1-2H3. The molecule has 1 spiro atoms. The van der Waals surface area contributed by atoms with Crippen LogP contribution >= 0.6 is 11.6 Å². The lowest BCUT2D eigenvalue weighted by molar-refractivity contribution is -0.00124. The van der Waals surface area contributed by atoms with E-state index >= 15 is 0 Å². The molecule has 0 aromatic heterocycles. The molecule has 1 aromatic carbocycles. The van der Waals surface area contributed by atoms with E-state index in [-0.39, 0.29) is 17.5 Å². The van der Waals surface area contributed by atoms with Crippen molar-refractivity contribution in [3.8, 4) is 0 Å². The third-order valence-electron chi connectivity index (χ3n) is 5.19. The molecule has 3 rings (SSSR count). The number of likely N-dealkylation sites (tertiary alicyclic amines) is 1. The number of amides is 1. The van der Waals surface area contributed by atoms with Crippen LogP contribution in [0.15, 0.2) is 18.2 Å². The number of benzene rings is 1. The highest BCUT2D eigenvalue weighted by molar-refractivity contribution is 6.31. The van der Waals surface area contributed by atoms with E-state index in [1.807, 2.05) is 4.90 Å². The van der Waals surface area contributed by atoms with Gasteiger partial charge in [0.2, 0.25) is 0 Å². The summed E-state index contributed by atoms with van der Waals surface area (Å²) in [5.74, 6) is 0.261. The predicted octanol–water partition coefficient (Wildman–Crippen LogP) is 4.31. The molecule has 0 atom stereocenters. The second-order valence-electron chi connectivity index (χ2n) is 7.67. The molecule has 2 saturated heterocycles. The molecule has 0 N–H and O–H groups in total. The van der Waals surface area contributed by atoms with Gasteiger partial charge in [-0.15, -0.1) is 0 Å². The molecule has 2 fully saturated rings. The van der Waals surface area contributed by atoms with Crippen LogP contribution in [0.2, 0.25) is 5.02 Å². The minimum atomic E-state index is -0.336. The van der Waals surface area contributed by atoms with Crippen molar-refractivity contribution >= 4 is 17.7 Å². The summed E-state index contributed by atoms with van der Waals surface area (Å²) < 4.78 is 18.9. The SMILES string of the molecule is CC(C)CCN1CC2(CCN(Cc3ccc(F)cc3Cl)CC2)OC1=O. The van der Waals surface area contributed by atoms with Gasteiger partial charge in [0.05, 0.1) is 6.54 Å². The Morgan fingerprint density at radius 1 is 1.32 bits per heavy atom. The molecule has 0 radical (unpaired) electrons. The first-order chi connectivity index (χ1) is 11.9. The average molecular weight is 369 g/mol. The predicted molar refractivity (Wildman–Crippen MR) is 96.2 cm³/mol. The lowest BCUT2D eigenvalue weighted by atomic mass is 9.91. The Balaban J connectivity index is 1.54. The van der Waals surface area contributed by atoms with Crippen LogP contribution in [-0.2, 0) is 11.3 Å². The molecule has 0 saturated carbocycles. The van der Waals surface area contributed by atoms with Gasteiger partial charge in [-0.05, 0) is 30.0 Å². The van der Waals surface area contributed by atoms with Gasteiger partial charge in [-0.1, -0.05) is 31.5 Å². The first-order valence-electron chi connectivity index (χ1n) is 9.01. The van der Waals surface area contributed by atoms with Crippen molar-refractivity contribution in [1.29, 1.82) is 0 Å². The molecule has 6 heteroatoms. The first-order valence-corrected chi connectivity index (χ1v) is 9.39. The van der Waals surface area contributed by atoms with Crippen LogP contribution < -0.4 is 0 Å². The van der Waals surface area contributed by atoms with Gasteiger partial charge in [-0.2, -0.15) is 0 Å². The van der Waals surface area contributed by atoms with E-state index in [4.69, 9.17) is 16.3 Å². The first kappa shape index (κ1) is 18.5. The molecule has 0 bridgehead atoms. The zero-order chi connectivity index (χ0) is 18.0. The Morgan fingerprint density at radius 2 is 2.04 bits per heavy atom. The maximum absolute atomic E-state index is 13.2. The number of hydrogen-bond acceptors (Lipinski definition) is 3. The van der Waals surface area contributed by atoms with Crippen molar-refractivity contribution in [3.05, 3.63) is 34.6 Å². The van der Waals surface area contributed by atoms with E-state index in [2.05, 4.69) is 18.7 Å². The maximum Gasteiger partial charge on any atom is 0.410 e. The lowest BCUT2D eigenvalue weighted by Gasteiger charge is -2.37. The van der Waals surface area contributed by atoms with E-state index in [1.54, 1.807) is 6.07 Å². The molecular formula is C19H26ClFN2O2. The molecule has 1 aromatic rings. The van der Waals surface area contributed by atoms with E-state index in [9.17, 15) is 9.18 Å². The highest BCUT2D eigenvalue weighted by atomic mass is 35.5. The molecule has 25 heavy (non-hydrogen) atoms. The number of carbonyl (C=O) groups is 1. The summed E-state index contributed by atoms with van der Waals surface area (Å²) in [4.78, 5) is 16.3. The second-order valence-corrected chi connectivity index (χ2v) is 8.07. The van der Waals surface area contributed by atoms with Crippen LogP contribution in [0.4, 0.5) is 9.18 Å². The van der Waals surface area contributed by atoms with Crippen molar-refractivity contribution in [2.45, 2.75) is 45.3 Å². The van der Waals surface area contributed by atoms with Gasteiger partial charge in [-0.25, -0.2) is 9.18 Å². The molecule has 0 unspecified atom stereocenters. The van der Waals surface area contributed by atoms with Crippen LogP contribution in [0.1, 0.15) is 38.7 Å². The number of piperidine rings is 1. The summed E-state index contributed by atoms with van der Waals surface area (Å²) in [6.07, 6.45) is 2.49. The third kappa shape index (κ3) is 4.45. The van der Waals surface area contributed by atoms with Crippen molar-refractivity contribution in [3.63, 3.8) is 0 Å². The number of carbonyl (C=O) groups excluding carboxylic acids is 1. The smallest absolute Gasteiger partial charge is 0.410 e. The average Bonchev–Trinajstić information content (AvgIpc) is 2.86. The van der Waals surface area contributed by atoms with E-state index in [0.717, 1.165) is 44.5 Å². The molecule has 2 aliphatic heterocycles. The summed E-state index contributed by atoms with van der Waals surface area (Å²) in [5.41, 5.74) is 0.595. The Kier molecular flexibility index (Phi) is 5.54. The number of halogens is 2. The largest absolute Gasteiger partial charge is 0.441 e. The van der Waals surface area contributed by atoms with Crippen LogP contribution in [0.5, 0.6) is 0 Å². The van der Waals surface area contributed by atoms with Crippen LogP contribution in [0, 0.1) is 11.7 Å². The summed E-state index contributed by atoms with van der Waals surface area (Å²) in [6.45, 7) is 8.18. The third-order valence-corrected chi connectivity index (χ3v) is 5.55. The van der Waals surface area contributed by atoms with Crippen molar-refractivity contribution < 1.29 is 13.9 Å². The monoisotopic (exact) mass is 368 g/mol. The highest BCUT2D eigenvalue weighted by Gasteiger charge is 2.46. The van der Waals surface area contributed by atoms with E-state index < -0.39 is 0 Å². The number of hydrogen-bond donors (Lipinski definition) is 0. The topological polar surface area (TPSA) is 32.8 Å². The fraction of sp³-hybridized carbons (Fsp3) is 0.632. The van der Waals surface area contributed by atoms with Crippen LogP contribution in [-0.4, -0.2) is 47.7 Å². The maximum atomic E-state index is 13.2. The summed E-state index contributed by atoms with van der Waals surface area (Å²) in [7, 11) is 0. The molecule has 4 nitrogen and oxygen atoms in total. The van der Waals surface area contributed by atoms with Crippen molar-refractivity contribution in [1.82, 2.24) is 9.80 Å². The number of nitrogens with zero attached hydrogens (tertiary/aromatic N) is 2. The van der Waals surface area contributed by atoms with Crippen LogP contribution in [0.25, 0.3) is 0 Å². The van der Waals surface area contributed by atoms with Gasteiger partial charge in [-0.3, -0.25) is 4.90 Å². The van der Waals surface area contributed by atoms with Crippen LogP contribution in [0.3, 0.4) is 0 Å². The summed E-state index contributed by atoms with van der Waals surface area (Å²) >= 11 is 6.13. The Hall–Kier alpha value is -1.33. The van der Waals surface area contributed by atoms with Gasteiger partial charge in [0.1, 0.15) is 11.4 Å². The van der Waals surface area contributed by atoms with Gasteiger partial charge < -0.3 is 9.64 Å². The molecule has 0 aliphatic carbocycles. The quantitative estimate of drug-likeness (QED) is 0.776. The fourth-order valence-corrected chi connectivity index (χ4v) is 3.78. The Bertz CT molecular complexity index is 630.